The second kappa shape index (κ2) is 7.68. The number of aromatic nitrogens is 2. The van der Waals surface area contributed by atoms with Gasteiger partial charge in [-0.05, 0) is 35.6 Å². The lowest BCUT2D eigenvalue weighted by Crippen LogP contribution is -2.36. The minimum absolute atomic E-state index is 0. The van der Waals surface area contributed by atoms with E-state index in [1.165, 1.54) is 11.1 Å². The Morgan fingerprint density at radius 2 is 2.23 bits per heavy atom. The molecule has 1 aliphatic heterocycles. The molecule has 2 aromatic rings. The zero-order chi connectivity index (χ0) is 17.4. The van der Waals surface area contributed by atoms with E-state index in [1.807, 2.05) is 31.6 Å². The third-order valence-electron chi connectivity index (χ3n) is 5.47. The Hall–Kier alpha value is -2.05. The number of carbonyl (C=O) groups excluding carboxylic acids is 1. The molecule has 2 aliphatic rings. The number of fused-ring (bicyclic) bond motifs is 1. The summed E-state index contributed by atoms with van der Waals surface area (Å²) in [5.74, 6) is 1.17. The molecule has 3 atom stereocenters. The van der Waals surface area contributed by atoms with Crippen LogP contribution in [-0.2, 0) is 18.3 Å². The molecule has 26 heavy (non-hydrogen) atoms. The van der Waals surface area contributed by atoms with Gasteiger partial charge in [0, 0.05) is 32.3 Å². The summed E-state index contributed by atoms with van der Waals surface area (Å²) in [6.45, 7) is 1.53. The molecule has 2 heterocycles. The van der Waals surface area contributed by atoms with Crippen molar-refractivity contribution in [2.45, 2.75) is 24.8 Å². The van der Waals surface area contributed by atoms with Gasteiger partial charge in [-0.3, -0.25) is 9.48 Å². The number of hydrogen-bond donors (Lipinski definition) is 2. The first kappa shape index (κ1) is 18.7. The average molecular weight is 377 g/mol. The van der Waals surface area contributed by atoms with Gasteiger partial charge in [-0.2, -0.15) is 5.10 Å². The predicted octanol–water partition coefficient (Wildman–Crippen LogP) is 1.96. The quantitative estimate of drug-likeness (QED) is 0.856. The van der Waals surface area contributed by atoms with Crippen molar-refractivity contribution in [3.8, 4) is 5.75 Å². The van der Waals surface area contributed by atoms with Gasteiger partial charge >= 0.3 is 0 Å². The lowest BCUT2D eigenvalue weighted by Gasteiger charge is -2.21. The maximum absolute atomic E-state index is 12.9. The summed E-state index contributed by atoms with van der Waals surface area (Å²) >= 11 is 0. The molecule has 0 radical (unpaired) electrons. The van der Waals surface area contributed by atoms with Crippen molar-refractivity contribution >= 4 is 18.3 Å². The van der Waals surface area contributed by atoms with E-state index in [4.69, 9.17) is 4.74 Å². The smallest absolute Gasteiger partial charge is 0.225 e. The summed E-state index contributed by atoms with van der Waals surface area (Å²) in [6, 6.07) is 6.16. The summed E-state index contributed by atoms with van der Waals surface area (Å²) in [5.41, 5.74) is 3.54. The third kappa shape index (κ3) is 3.31. The van der Waals surface area contributed by atoms with Gasteiger partial charge in [-0.1, -0.05) is 12.1 Å². The molecule has 1 aromatic carbocycles. The summed E-state index contributed by atoms with van der Waals surface area (Å²) in [4.78, 5) is 12.9. The molecular weight excluding hydrogens is 352 g/mol. The van der Waals surface area contributed by atoms with Crippen LogP contribution in [0.4, 0.5) is 0 Å². The number of carbonyl (C=O) groups is 1. The fraction of sp³-hybridized carbons (Fsp3) is 0.474. The van der Waals surface area contributed by atoms with Crippen LogP contribution in [0.3, 0.4) is 0 Å². The van der Waals surface area contributed by atoms with Crippen molar-refractivity contribution in [1.82, 2.24) is 20.4 Å². The Bertz CT molecular complexity index is 792. The Kier molecular flexibility index (Phi) is 5.53. The number of halogens is 1. The Balaban J connectivity index is 0.00000196. The average Bonchev–Trinajstić information content (AvgIpc) is 3.33. The van der Waals surface area contributed by atoms with E-state index in [0.29, 0.717) is 6.54 Å². The largest absolute Gasteiger partial charge is 0.496 e. The van der Waals surface area contributed by atoms with Gasteiger partial charge in [0.05, 0.1) is 25.3 Å². The SMILES string of the molecule is COc1cccc2c1CCC2NC(=O)[C@H]1CNC[C@@H]1c1cnn(C)c1.Cl. The second-order valence-electron chi connectivity index (χ2n) is 6.95. The lowest BCUT2D eigenvalue weighted by atomic mass is 9.90. The van der Waals surface area contributed by atoms with E-state index in [0.717, 1.165) is 30.7 Å². The van der Waals surface area contributed by atoms with E-state index in [9.17, 15) is 4.79 Å². The first-order chi connectivity index (χ1) is 12.2. The topological polar surface area (TPSA) is 68.2 Å². The van der Waals surface area contributed by atoms with Crippen molar-refractivity contribution in [3.05, 3.63) is 47.3 Å². The van der Waals surface area contributed by atoms with Gasteiger partial charge in [-0.25, -0.2) is 0 Å². The van der Waals surface area contributed by atoms with Gasteiger partial charge in [0.25, 0.3) is 0 Å². The third-order valence-corrected chi connectivity index (χ3v) is 5.47. The van der Waals surface area contributed by atoms with Crippen LogP contribution in [0.15, 0.2) is 30.6 Å². The molecule has 1 aromatic heterocycles. The molecule has 1 fully saturated rings. The maximum atomic E-state index is 12.9. The molecule has 0 spiro atoms. The molecule has 1 amide bonds. The van der Waals surface area contributed by atoms with Crippen LogP contribution in [0.25, 0.3) is 0 Å². The Labute approximate surface area is 159 Å². The van der Waals surface area contributed by atoms with E-state index in [-0.39, 0.29) is 36.2 Å². The Morgan fingerprint density at radius 3 is 2.96 bits per heavy atom. The molecule has 4 rings (SSSR count). The Morgan fingerprint density at radius 1 is 1.38 bits per heavy atom. The van der Waals surface area contributed by atoms with Gasteiger partial charge in [0.1, 0.15) is 5.75 Å². The van der Waals surface area contributed by atoms with Crippen LogP contribution in [-0.4, -0.2) is 35.9 Å². The monoisotopic (exact) mass is 376 g/mol. The first-order valence-corrected chi connectivity index (χ1v) is 8.82. The van der Waals surface area contributed by atoms with E-state index < -0.39 is 0 Å². The van der Waals surface area contributed by atoms with Crippen LogP contribution >= 0.6 is 12.4 Å². The fourth-order valence-corrected chi connectivity index (χ4v) is 4.18. The van der Waals surface area contributed by atoms with Crippen LogP contribution in [0, 0.1) is 5.92 Å². The molecule has 2 N–H and O–H groups in total. The van der Waals surface area contributed by atoms with Crippen molar-refractivity contribution in [3.63, 3.8) is 0 Å². The highest BCUT2D eigenvalue weighted by atomic mass is 35.5. The van der Waals surface area contributed by atoms with Gasteiger partial charge < -0.3 is 15.4 Å². The summed E-state index contributed by atoms with van der Waals surface area (Å²) in [5, 5.41) is 10.9. The van der Waals surface area contributed by atoms with E-state index in [1.54, 1.807) is 11.8 Å². The van der Waals surface area contributed by atoms with E-state index in [2.05, 4.69) is 21.8 Å². The lowest BCUT2D eigenvalue weighted by molar-refractivity contribution is -0.125. The number of nitrogens with one attached hydrogen (secondary N) is 2. The molecular formula is C19H25ClN4O2. The highest BCUT2D eigenvalue weighted by Gasteiger charge is 2.36. The van der Waals surface area contributed by atoms with Crippen molar-refractivity contribution < 1.29 is 9.53 Å². The normalized spacial score (nSPS) is 24.0. The zero-order valence-corrected chi connectivity index (χ0v) is 15.9. The summed E-state index contributed by atoms with van der Waals surface area (Å²) < 4.78 is 7.25. The number of methoxy groups -OCH3 is 1. The van der Waals surface area contributed by atoms with Crippen LogP contribution in [0.1, 0.15) is 35.1 Å². The number of amides is 1. The molecule has 0 bridgehead atoms. The number of hydrogen-bond acceptors (Lipinski definition) is 4. The maximum Gasteiger partial charge on any atom is 0.225 e. The molecule has 1 saturated heterocycles. The van der Waals surface area contributed by atoms with Gasteiger partial charge in [0.2, 0.25) is 5.91 Å². The molecule has 6 nitrogen and oxygen atoms in total. The number of nitrogens with zero attached hydrogens (tertiary/aromatic N) is 2. The highest BCUT2D eigenvalue weighted by Crippen LogP contribution is 2.37. The number of ether oxygens (including phenoxy) is 1. The summed E-state index contributed by atoms with van der Waals surface area (Å²) in [7, 11) is 3.61. The van der Waals surface area contributed by atoms with Crippen LogP contribution in [0.5, 0.6) is 5.75 Å². The molecule has 1 unspecified atom stereocenters. The number of rotatable bonds is 4. The standard InChI is InChI=1S/C19H24N4O2.ClH/c1-23-11-12(8-21-23)15-9-20-10-16(15)19(24)22-17-7-6-14-13(17)4-3-5-18(14)25-2;/h3-5,8,11,15-17,20H,6-7,9-10H2,1-2H3,(H,22,24);1H/t15-,16+,17?;/m1./s1. The number of benzene rings is 1. The molecule has 1 aliphatic carbocycles. The predicted molar refractivity (Wildman–Crippen MR) is 102 cm³/mol. The highest BCUT2D eigenvalue weighted by molar-refractivity contribution is 5.85. The van der Waals surface area contributed by atoms with Crippen molar-refractivity contribution in [2.24, 2.45) is 13.0 Å². The molecule has 0 saturated carbocycles. The van der Waals surface area contributed by atoms with Crippen LogP contribution < -0.4 is 15.4 Å². The van der Waals surface area contributed by atoms with E-state index >= 15 is 0 Å². The molecule has 140 valence electrons. The van der Waals surface area contributed by atoms with Gasteiger partial charge in [-0.15, -0.1) is 12.4 Å². The summed E-state index contributed by atoms with van der Waals surface area (Å²) in [6.07, 6.45) is 5.75. The van der Waals surface area contributed by atoms with Crippen molar-refractivity contribution in [2.75, 3.05) is 20.2 Å². The second-order valence-corrected chi connectivity index (χ2v) is 6.95. The first-order valence-electron chi connectivity index (χ1n) is 8.82. The zero-order valence-electron chi connectivity index (χ0n) is 15.1. The minimum atomic E-state index is -0.0566. The van der Waals surface area contributed by atoms with Gasteiger partial charge in [0.15, 0.2) is 0 Å². The van der Waals surface area contributed by atoms with Crippen LogP contribution in [0.2, 0.25) is 0 Å². The minimum Gasteiger partial charge on any atom is -0.496 e. The fourth-order valence-electron chi connectivity index (χ4n) is 4.18. The molecule has 7 heteroatoms. The van der Waals surface area contributed by atoms with Crippen molar-refractivity contribution in [1.29, 1.82) is 0 Å². The number of aryl methyl sites for hydroxylation is 1.